The molecule has 0 radical (unpaired) electrons. The standard InChI is InChI=1S/C14H11NO3/c16-10-3-4-13-11(6-10)12(17)7-14(18-13)9-2-1-5-15-8-9/h1-6,8,14,16H,7H2. The van der Waals surface area contributed by atoms with Crippen LogP contribution in [0.5, 0.6) is 11.5 Å². The number of phenols is 1. The number of rotatable bonds is 1. The summed E-state index contributed by atoms with van der Waals surface area (Å²) >= 11 is 0. The van der Waals surface area contributed by atoms with Crippen LogP contribution in [0.1, 0.15) is 28.4 Å². The van der Waals surface area contributed by atoms with Crippen LogP contribution in [-0.2, 0) is 0 Å². The van der Waals surface area contributed by atoms with Crippen molar-refractivity contribution in [1.82, 2.24) is 4.98 Å². The number of fused-ring (bicyclic) bond motifs is 1. The Kier molecular flexibility index (Phi) is 2.48. The van der Waals surface area contributed by atoms with Gasteiger partial charge >= 0.3 is 0 Å². The molecule has 4 nitrogen and oxygen atoms in total. The zero-order valence-electron chi connectivity index (χ0n) is 9.54. The number of aromatic nitrogens is 1. The van der Waals surface area contributed by atoms with E-state index in [-0.39, 0.29) is 24.1 Å². The van der Waals surface area contributed by atoms with Gasteiger partial charge in [-0.2, -0.15) is 0 Å². The SMILES string of the molecule is O=C1CC(c2cccnc2)Oc2ccc(O)cc21. The van der Waals surface area contributed by atoms with E-state index in [1.165, 1.54) is 12.1 Å². The predicted molar refractivity (Wildman–Crippen MR) is 64.7 cm³/mol. The number of ether oxygens (including phenoxy) is 1. The Morgan fingerprint density at radius 1 is 1.33 bits per heavy atom. The van der Waals surface area contributed by atoms with Gasteiger partial charge in [0, 0.05) is 18.0 Å². The molecule has 1 aliphatic rings. The second-order valence-electron chi connectivity index (χ2n) is 4.20. The number of hydrogen-bond donors (Lipinski definition) is 1. The molecule has 1 N–H and O–H groups in total. The molecule has 0 saturated heterocycles. The van der Waals surface area contributed by atoms with Gasteiger partial charge in [-0.15, -0.1) is 0 Å². The van der Waals surface area contributed by atoms with Crippen LogP contribution in [0.15, 0.2) is 42.7 Å². The fourth-order valence-electron chi connectivity index (χ4n) is 2.06. The summed E-state index contributed by atoms with van der Waals surface area (Å²) in [6.45, 7) is 0. The summed E-state index contributed by atoms with van der Waals surface area (Å²) in [5, 5.41) is 9.37. The monoisotopic (exact) mass is 241 g/mol. The van der Waals surface area contributed by atoms with Gasteiger partial charge in [0.2, 0.25) is 0 Å². The lowest BCUT2D eigenvalue weighted by Crippen LogP contribution is -2.20. The molecule has 1 aromatic carbocycles. The Hall–Kier alpha value is -2.36. The molecular formula is C14H11NO3. The lowest BCUT2D eigenvalue weighted by atomic mass is 9.97. The van der Waals surface area contributed by atoms with Crippen LogP contribution in [-0.4, -0.2) is 15.9 Å². The first-order valence-electron chi connectivity index (χ1n) is 5.67. The van der Waals surface area contributed by atoms with E-state index in [9.17, 15) is 9.90 Å². The lowest BCUT2D eigenvalue weighted by molar-refractivity contribution is 0.0849. The van der Waals surface area contributed by atoms with E-state index >= 15 is 0 Å². The smallest absolute Gasteiger partial charge is 0.170 e. The van der Waals surface area contributed by atoms with Gasteiger partial charge in [-0.1, -0.05) is 6.07 Å². The minimum atomic E-state index is -0.303. The number of Topliss-reactive ketones (excluding diaryl/α,β-unsaturated/α-hetero) is 1. The first-order valence-corrected chi connectivity index (χ1v) is 5.67. The number of benzene rings is 1. The van der Waals surface area contributed by atoms with Crippen molar-refractivity contribution >= 4 is 5.78 Å². The topological polar surface area (TPSA) is 59.4 Å². The van der Waals surface area contributed by atoms with E-state index in [0.717, 1.165) is 5.56 Å². The van der Waals surface area contributed by atoms with Gasteiger partial charge in [-0.25, -0.2) is 0 Å². The number of phenolic OH excluding ortho intramolecular Hbond substituents is 1. The zero-order chi connectivity index (χ0) is 12.5. The third-order valence-corrected chi connectivity index (χ3v) is 2.96. The molecule has 0 fully saturated rings. The van der Waals surface area contributed by atoms with Crippen molar-refractivity contribution in [3.05, 3.63) is 53.9 Å². The number of ketones is 1. The number of aromatic hydroxyl groups is 1. The van der Waals surface area contributed by atoms with E-state index in [1.54, 1.807) is 18.5 Å². The van der Waals surface area contributed by atoms with Crippen LogP contribution in [0.2, 0.25) is 0 Å². The summed E-state index contributed by atoms with van der Waals surface area (Å²) in [5.74, 6) is 0.560. The number of hydrogen-bond acceptors (Lipinski definition) is 4. The molecule has 1 unspecified atom stereocenters. The van der Waals surface area contributed by atoms with E-state index < -0.39 is 0 Å². The van der Waals surface area contributed by atoms with Gasteiger partial charge in [0.25, 0.3) is 0 Å². The fraction of sp³-hybridized carbons (Fsp3) is 0.143. The molecule has 2 aromatic rings. The summed E-state index contributed by atoms with van der Waals surface area (Å²) in [4.78, 5) is 16.0. The van der Waals surface area contributed by atoms with Crippen molar-refractivity contribution < 1.29 is 14.6 Å². The van der Waals surface area contributed by atoms with Gasteiger partial charge in [-0.05, 0) is 24.3 Å². The number of nitrogens with zero attached hydrogens (tertiary/aromatic N) is 1. The molecule has 18 heavy (non-hydrogen) atoms. The molecule has 1 aromatic heterocycles. The van der Waals surface area contributed by atoms with E-state index in [1.807, 2.05) is 12.1 Å². The average molecular weight is 241 g/mol. The highest BCUT2D eigenvalue weighted by Crippen LogP contribution is 2.36. The highest BCUT2D eigenvalue weighted by molar-refractivity contribution is 6.00. The Morgan fingerprint density at radius 3 is 3.00 bits per heavy atom. The van der Waals surface area contributed by atoms with Crippen molar-refractivity contribution in [1.29, 1.82) is 0 Å². The first kappa shape index (κ1) is 10.8. The highest BCUT2D eigenvalue weighted by atomic mass is 16.5. The van der Waals surface area contributed by atoms with Crippen LogP contribution < -0.4 is 4.74 Å². The van der Waals surface area contributed by atoms with Gasteiger partial charge in [0.05, 0.1) is 12.0 Å². The Bertz CT molecular complexity index is 595. The molecule has 2 heterocycles. The largest absolute Gasteiger partial charge is 0.508 e. The summed E-state index contributed by atoms with van der Waals surface area (Å²) in [7, 11) is 0. The minimum Gasteiger partial charge on any atom is -0.508 e. The number of pyridine rings is 1. The van der Waals surface area contributed by atoms with Gasteiger partial charge in [0.1, 0.15) is 17.6 Å². The molecule has 4 heteroatoms. The maximum Gasteiger partial charge on any atom is 0.170 e. The van der Waals surface area contributed by atoms with Crippen molar-refractivity contribution in [3.63, 3.8) is 0 Å². The van der Waals surface area contributed by atoms with Gasteiger partial charge < -0.3 is 9.84 Å². The van der Waals surface area contributed by atoms with Crippen LogP contribution >= 0.6 is 0 Å². The summed E-state index contributed by atoms with van der Waals surface area (Å²) in [5.41, 5.74) is 1.32. The van der Waals surface area contributed by atoms with Crippen LogP contribution in [0.3, 0.4) is 0 Å². The van der Waals surface area contributed by atoms with Gasteiger partial charge in [-0.3, -0.25) is 9.78 Å². The molecule has 0 spiro atoms. The average Bonchev–Trinajstić information content (AvgIpc) is 2.40. The third-order valence-electron chi connectivity index (χ3n) is 2.96. The molecule has 3 rings (SSSR count). The van der Waals surface area contributed by atoms with Crippen molar-refractivity contribution in [3.8, 4) is 11.5 Å². The van der Waals surface area contributed by atoms with E-state index in [2.05, 4.69) is 4.98 Å². The van der Waals surface area contributed by atoms with Crippen molar-refractivity contribution in [2.45, 2.75) is 12.5 Å². The third kappa shape index (κ3) is 1.82. The summed E-state index contributed by atoms with van der Waals surface area (Å²) in [6.07, 6.45) is 3.34. The second-order valence-corrected chi connectivity index (χ2v) is 4.20. The van der Waals surface area contributed by atoms with Crippen LogP contribution in [0.4, 0.5) is 0 Å². The van der Waals surface area contributed by atoms with Crippen molar-refractivity contribution in [2.75, 3.05) is 0 Å². The first-order chi connectivity index (χ1) is 8.74. The molecule has 0 bridgehead atoms. The molecule has 0 saturated carbocycles. The fourth-order valence-corrected chi connectivity index (χ4v) is 2.06. The lowest BCUT2D eigenvalue weighted by Gasteiger charge is -2.25. The normalized spacial score (nSPS) is 18.0. The molecule has 0 aliphatic carbocycles. The quantitative estimate of drug-likeness (QED) is 0.833. The Balaban J connectivity index is 1.97. The van der Waals surface area contributed by atoms with Gasteiger partial charge in [0.15, 0.2) is 5.78 Å². The second kappa shape index (κ2) is 4.14. The minimum absolute atomic E-state index is 0.0268. The highest BCUT2D eigenvalue weighted by Gasteiger charge is 2.27. The maximum absolute atomic E-state index is 12.0. The van der Waals surface area contributed by atoms with Crippen LogP contribution in [0.25, 0.3) is 0 Å². The summed E-state index contributed by atoms with van der Waals surface area (Å²) < 4.78 is 5.77. The Morgan fingerprint density at radius 2 is 2.22 bits per heavy atom. The van der Waals surface area contributed by atoms with E-state index in [4.69, 9.17) is 4.74 Å². The molecular weight excluding hydrogens is 230 g/mol. The summed E-state index contributed by atoms with van der Waals surface area (Å²) in [6, 6.07) is 8.27. The maximum atomic E-state index is 12.0. The molecule has 1 aliphatic heterocycles. The molecule has 0 amide bonds. The van der Waals surface area contributed by atoms with Crippen LogP contribution in [0, 0.1) is 0 Å². The van der Waals surface area contributed by atoms with Crippen molar-refractivity contribution in [2.24, 2.45) is 0 Å². The number of carbonyl (C=O) groups is 1. The molecule has 90 valence electrons. The number of carbonyl (C=O) groups excluding carboxylic acids is 1. The van der Waals surface area contributed by atoms with E-state index in [0.29, 0.717) is 11.3 Å². The predicted octanol–water partition coefficient (Wildman–Crippen LogP) is 2.49. The Labute approximate surface area is 104 Å². The zero-order valence-corrected chi connectivity index (χ0v) is 9.54. The molecule has 1 atom stereocenters.